The number of hydrogen-bond acceptors (Lipinski definition) is 3. The third-order valence-electron chi connectivity index (χ3n) is 4.35. The first kappa shape index (κ1) is 19.1. The Labute approximate surface area is 167 Å². The molecule has 5 nitrogen and oxygen atoms in total. The van der Waals surface area contributed by atoms with Gasteiger partial charge >= 0.3 is 0 Å². The van der Waals surface area contributed by atoms with E-state index in [9.17, 15) is 9.59 Å². The largest absolute Gasteiger partial charge is 0.318 e. The highest BCUT2D eigenvalue weighted by Gasteiger charge is 2.32. The van der Waals surface area contributed by atoms with Gasteiger partial charge in [-0.2, -0.15) is 0 Å². The number of carbonyl (C=O) groups excluding carboxylic acids is 2. The molecule has 3 rings (SSSR count). The summed E-state index contributed by atoms with van der Waals surface area (Å²) in [7, 11) is 0. The lowest BCUT2D eigenvalue weighted by Gasteiger charge is -2.27. The molecule has 0 spiro atoms. The fourth-order valence-corrected chi connectivity index (χ4v) is 3.44. The highest BCUT2D eigenvalue weighted by atomic mass is 35.5. The summed E-state index contributed by atoms with van der Waals surface area (Å²) >= 11 is 11.0. The fraction of sp³-hybridized carbons (Fsp3) is 0.150. The Bertz CT molecular complexity index is 989. The lowest BCUT2D eigenvalue weighted by molar-refractivity contribution is -0.128. The molecule has 1 N–H and O–H groups in total. The average molecular weight is 400 g/mol. The number of amides is 2. The molecule has 0 unspecified atom stereocenters. The first-order valence-corrected chi connectivity index (χ1v) is 9.06. The van der Waals surface area contributed by atoms with Crippen LogP contribution in [0.4, 0.5) is 0 Å². The topological polar surface area (TPSA) is 54.3 Å². The number of aromatic nitrogens is 1. The number of halogens is 1. The van der Waals surface area contributed by atoms with Crippen LogP contribution >= 0.6 is 23.8 Å². The van der Waals surface area contributed by atoms with E-state index in [1.54, 1.807) is 12.2 Å². The lowest BCUT2D eigenvalue weighted by Crippen LogP contribution is -2.53. The molecule has 1 aromatic heterocycles. The van der Waals surface area contributed by atoms with Gasteiger partial charge < -0.3 is 4.57 Å². The van der Waals surface area contributed by atoms with Gasteiger partial charge in [0, 0.05) is 28.6 Å². The van der Waals surface area contributed by atoms with Crippen LogP contribution in [-0.2, 0) is 9.59 Å². The van der Waals surface area contributed by atoms with Crippen LogP contribution in [0.1, 0.15) is 17.0 Å². The van der Waals surface area contributed by atoms with Crippen molar-refractivity contribution in [1.29, 1.82) is 0 Å². The summed E-state index contributed by atoms with van der Waals surface area (Å²) in [6.07, 6.45) is 3.16. The number of rotatable bonds is 4. The third kappa shape index (κ3) is 3.59. The number of nitrogens with one attached hydrogen (secondary N) is 1. The maximum Gasteiger partial charge on any atom is 0.265 e. The Balaban J connectivity index is 2.04. The second kappa shape index (κ2) is 7.50. The molecule has 1 fully saturated rings. The van der Waals surface area contributed by atoms with Crippen molar-refractivity contribution < 1.29 is 9.59 Å². The van der Waals surface area contributed by atoms with Crippen LogP contribution in [0.25, 0.3) is 11.8 Å². The van der Waals surface area contributed by atoms with Crippen LogP contribution in [0, 0.1) is 13.8 Å². The van der Waals surface area contributed by atoms with E-state index in [2.05, 4.69) is 11.9 Å². The van der Waals surface area contributed by atoms with E-state index >= 15 is 0 Å². The maximum absolute atomic E-state index is 12.7. The van der Waals surface area contributed by atoms with Crippen LogP contribution in [0.5, 0.6) is 0 Å². The predicted molar refractivity (Wildman–Crippen MR) is 111 cm³/mol. The van der Waals surface area contributed by atoms with Gasteiger partial charge in [-0.25, -0.2) is 0 Å². The zero-order valence-electron chi connectivity index (χ0n) is 15.0. The van der Waals surface area contributed by atoms with E-state index < -0.39 is 11.8 Å². The number of nitrogens with zero attached hydrogens (tertiary/aromatic N) is 2. The second-order valence-corrected chi connectivity index (χ2v) is 6.98. The van der Waals surface area contributed by atoms with Crippen molar-refractivity contribution in [2.75, 3.05) is 6.54 Å². The highest BCUT2D eigenvalue weighted by Crippen LogP contribution is 2.25. The van der Waals surface area contributed by atoms with Crippen molar-refractivity contribution in [1.82, 2.24) is 14.8 Å². The van der Waals surface area contributed by atoms with Crippen molar-refractivity contribution >= 4 is 46.8 Å². The summed E-state index contributed by atoms with van der Waals surface area (Å²) in [6.45, 7) is 7.76. The first-order valence-electron chi connectivity index (χ1n) is 8.28. The van der Waals surface area contributed by atoms with Gasteiger partial charge in [0.05, 0.1) is 0 Å². The SMILES string of the molecule is C=CCN1C(=O)C(=Cc2cc(C)n(-c3ccc(Cl)cc3)c2C)C(=O)NC1=S. The standard InChI is InChI=1S/C20H18ClN3O2S/c1-4-9-23-19(26)17(18(25)22-20(23)27)11-14-10-12(2)24(13(14)3)16-7-5-15(21)6-8-16/h4-8,10-11H,1,9H2,2-3H3,(H,22,25,27). The van der Waals surface area contributed by atoms with E-state index in [0.29, 0.717) is 5.02 Å². The average Bonchev–Trinajstić information content (AvgIpc) is 2.90. The zero-order valence-corrected chi connectivity index (χ0v) is 16.5. The minimum absolute atomic E-state index is 0.0433. The van der Waals surface area contributed by atoms with Crippen molar-refractivity contribution in [3.05, 3.63) is 70.5 Å². The third-order valence-corrected chi connectivity index (χ3v) is 4.93. The molecule has 1 saturated heterocycles. The van der Waals surface area contributed by atoms with Crippen molar-refractivity contribution in [2.45, 2.75) is 13.8 Å². The number of benzene rings is 1. The predicted octanol–water partition coefficient (Wildman–Crippen LogP) is 3.56. The summed E-state index contributed by atoms with van der Waals surface area (Å²) in [4.78, 5) is 26.3. The minimum atomic E-state index is -0.499. The van der Waals surface area contributed by atoms with Crippen molar-refractivity contribution in [3.63, 3.8) is 0 Å². The number of thiocarbonyl (C=S) groups is 1. The summed E-state index contributed by atoms with van der Waals surface area (Å²) in [5.74, 6) is -0.929. The Morgan fingerprint density at radius 2 is 1.89 bits per heavy atom. The molecule has 2 heterocycles. The molecule has 0 radical (unpaired) electrons. The molecule has 0 aliphatic carbocycles. The van der Waals surface area contributed by atoms with E-state index in [1.807, 2.05) is 48.7 Å². The van der Waals surface area contributed by atoms with Gasteiger partial charge in [0.2, 0.25) is 0 Å². The molecule has 2 aromatic rings. The molecular formula is C20H18ClN3O2S. The minimum Gasteiger partial charge on any atom is -0.318 e. The Hall–Kier alpha value is -2.70. The Kier molecular flexibility index (Phi) is 5.30. The maximum atomic E-state index is 12.7. The van der Waals surface area contributed by atoms with E-state index in [1.165, 1.54) is 4.90 Å². The smallest absolute Gasteiger partial charge is 0.265 e. The molecule has 1 aromatic carbocycles. The molecule has 1 aliphatic heterocycles. The lowest BCUT2D eigenvalue weighted by atomic mass is 10.1. The van der Waals surface area contributed by atoms with Gasteiger partial charge in [0.1, 0.15) is 5.57 Å². The summed E-state index contributed by atoms with van der Waals surface area (Å²) in [5.41, 5.74) is 3.66. The van der Waals surface area contributed by atoms with Crippen molar-refractivity contribution in [2.24, 2.45) is 0 Å². The number of aryl methyl sites for hydroxylation is 1. The second-order valence-electron chi connectivity index (χ2n) is 6.16. The van der Waals surface area contributed by atoms with Crippen LogP contribution in [0.15, 0.2) is 48.6 Å². The fourth-order valence-electron chi connectivity index (χ4n) is 3.07. The van der Waals surface area contributed by atoms with E-state index in [4.69, 9.17) is 23.8 Å². The van der Waals surface area contributed by atoms with Crippen LogP contribution in [-0.4, -0.2) is 32.9 Å². The van der Waals surface area contributed by atoms with Gasteiger partial charge in [-0.15, -0.1) is 6.58 Å². The summed E-state index contributed by atoms with van der Waals surface area (Å²) < 4.78 is 2.04. The van der Waals surface area contributed by atoms with E-state index in [-0.39, 0.29) is 17.2 Å². The van der Waals surface area contributed by atoms with Crippen LogP contribution in [0.3, 0.4) is 0 Å². The van der Waals surface area contributed by atoms with E-state index in [0.717, 1.165) is 22.6 Å². The van der Waals surface area contributed by atoms with Gasteiger partial charge in [-0.1, -0.05) is 17.7 Å². The Morgan fingerprint density at radius 1 is 1.22 bits per heavy atom. The molecule has 0 bridgehead atoms. The summed E-state index contributed by atoms with van der Waals surface area (Å²) in [5, 5.41) is 3.30. The number of hydrogen-bond donors (Lipinski definition) is 1. The number of carbonyl (C=O) groups is 2. The van der Waals surface area contributed by atoms with Crippen LogP contribution in [0.2, 0.25) is 5.02 Å². The molecule has 27 heavy (non-hydrogen) atoms. The molecule has 138 valence electrons. The Morgan fingerprint density at radius 3 is 2.52 bits per heavy atom. The first-order chi connectivity index (χ1) is 12.8. The molecule has 0 saturated carbocycles. The molecule has 1 aliphatic rings. The van der Waals surface area contributed by atoms with Crippen LogP contribution < -0.4 is 5.32 Å². The quantitative estimate of drug-likeness (QED) is 0.370. The van der Waals surface area contributed by atoms with Gasteiger partial charge in [-0.3, -0.25) is 19.8 Å². The monoisotopic (exact) mass is 399 g/mol. The molecule has 7 heteroatoms. The zero-order chi connectivity index (χ0) is 19.7. The van der Waals surface area contributed by atoms with Gasteiger partial charge in [-0.05, 0) is 68.0 Å². The molecular weight excluding hydrogens is 382 g/mol. The normalized spacial score (nSPS) is 16.0. The van der Waals surface area contributed by atoms with Gasteiger partial charge in [0.15, 0.2) is 5.11 Å². The van der Waals surface area contributed by atoms with Gasteiger partial charge in [0.25, 0.3) is 11.8 Å². The molecule has 2 amide bonds. The highest BCUT2D eigenvalue weighted by molar-refractivity contribution is 7.80. The van der Waals surface area contributed by atoms with Crippen molar-refractivity contribution in [3.8, 4) is 5.69 Å². The molecule has 0 atom stereocenters. The summed E-state index contributed by atoms with van der Waals surface area (Å²) in [6, 6.07) is 9.41.